The number of hydroxylamine groups is 2. The van der Waals surface area contributed by atoms with Gasteiger partial charge >= 0.3 is 0 Å². The van der Waals surface area contributed by atoms with Gasteiger partial charge in [0.05, 0.1) is 11.6 Å². The number of nitrogens with two attached hydrogens (primary N) is 1. The molecule has 9 heteroatoms. The van der Waals surface area contributed by atoms with Crippen LogP contribution in [0.5, 0.6) is 0 Å². The summed E-state index contributed by atoms with van der Waals surface area (Å²) in [7, 11) is 0. The van der Waals surface area contributed by atoms with Crippen LogP contribution in [0, 0.1) is 5.82 Å². The van der Waals surface area contributed by atoms with Crippen LogP contribution in [0.2, 0.25) is 0 Å². The van der Waals surface area contributed by atoms with E-state index >= 15 is 4.39 Å². The number of piperazine rings is 1. The molecule has 2 aliphatic carbocycles. The smallest absolute Gasteiger partial charge is 0.256 e. The predicted molar refractivity (Wildman–Crippen MR) is 153 cm³/mol. The highest BCUT2D eigenvalue weighted by molar-refractivity contribution is 5.95. The van der Waals surface area contributed by atoms with Crippen molar-refractivity contribution < 1.29 is 23.9 Å². The van der Waals surface area contributed by atoms with Crippen molar-refractivity contribution >= 4 is 11.8 Å². The highest BCUT2D eigenvalue weighted by atomic mass is 19.1. The highest BCUT2D eigenvalue weighted by Gasteiger charge is 2.50. The van der Waals surface area contributed by atoms with Crippen molar-refractivity contribution in [3.63, 3.8) is 0 Å². The lowest BCUT2D eigenvalue weighted by molar-refractivity contribution is -0.193. The number of benzene rings is 2. The number of hydrogen-bond donors (Lipinski definition) is 2. The molecule has 41 heavy (non-hydrogen) atoms. The van der Waals surface area contributed by atoms with Gasteiger partial charge in [-0.3, -0.25) is 14.4 Å². The number of nitrogens with zero attached hydrogens (tertiary/aromatic N) is 3. The summed E-state index contributed by atoms with van der Waals surface area (Å²) in [6.45, 7) is 1.30. The molecule has 2 aliphatic heterocycles. The van der Waals surface area contributed by atoms with Crippen LogP contribution in [-0.2, 0) is 9.63 Å². The second-order valence-corrected chi connectivity index (χ2v) is 12.2. The van der Waals surface area contributed by atoms with Crippen molar-refractivity contribution in [2.45, 2.75) is 88.1 Å². The van der Waals surface area contributed by atoms with Gasteiger partial charge in [-0.15, -0.1) is 0 Å². The van der Waals surface area contributed by atoms with Crippen molar-refractivity contribution in [3.05, 3.63) is 59.4 Å². The van der Waals surface area contributed by atoms with E-state index in [9.17, 15) is 14.7 Å². The minimum Gasteiger partial charge on any atom is -0.380 e. The lowest BCUT2D eigenvalue weighted by atomic mass is 9.93. The molecule has 2 aromatic rings. The molecule has 2 unspecified atom stereocenters. The summed E-state index contributed by atoms with van der Waals surface area (Å²) in [5.74, 6) is -1.21. The first kappa shape index (κ1) is 28.3. The number of amides is 2. The van der Waals surface area contributed by atoms with Gasteiger partial charge in [-0.2, -0.15) is 5.06 Å². The molecule has 2 saturated heterocycles. The number of carbonyl (C=O) groups is 2. The van der Waals surface area contributed by atoms with Crippen LogP contribution in [0.15, 0.2) is 42.5 Å². The maximum absolute atomic E-state index is 15.3. The Bertz CT molecular complexity index is 1270. The van der Waals surface area contributed by atoms with Crippen LogP contribution in [-0.4, -0.2) is 75.8 Å². The maximum Gasteiger partial charge on any atom is 0.256 e. The summed E-state index contributed by atoms with van der Waals surface area (Å²) in [6, 6.07) is 13.3. The van der Waals surface area contributed by atoms with E-state index in [4.69, 9.17) is 10.6 Å². The average molecular weight is 565 g/mol. The van der Waals surface area contributed by atoms with Crippen LogP contribution in [0.3, 0.4) is 0 Å². The van der Waals surface area contributed by atoms with Crippen molar-refractivity contribution in [3.8, 4) is 11.1 Å². The number of halogens is 1. The molecule has 0 aromatic heterocycles. The number of aliphatic hydroxyl groups is 1. The Labute approximate surface area is 241 Å². The number of carbonyl (C=O) groups excluding carboxylic acids is 2. The second kappa shape index (κ2) is 11.8. The van der Waals surface area contributed by atoms with Gasteiger partial charge in [-0.1, -0.05) is 56.4 Å². The van der Waals surface area contributed by atoms with E-state index in [1.165, 1.54) is 38.2 Å². The Morgan fingerprint density at radius 2 is 1.56 bits per heavy atom. The zero-order chi connectivity index (χ0) is 28.6. The fourth-order valence-electron chi connectivity index (χ4n) is 6.61. The summed E-state index contributed by atoms with van der Waals surface area (Å²) in [4.78, 5) is 34.9. The van der Waals surface area contributed by atoms with E-state index < -0.39 is 11.4 Å². The Morgan fingerprint density at radius 3 is 2.24 bits per heavy atom. The van der Waals surface area contributed by atoms with E-state index in [0.717, 1.165) is 24.0 Å². The van der Waals surface area contributed by atoms with Crippen LogP contribution >= 0.6 is 0 Å². The first-order valence-electron chi connectivity index (χ1n) is 15.2. The van der Waals surface area contributed by atoms with E-state index in [0.29, 0.717) is 57.0 Å². The van der Waals surface area contributed by atoms with Gasteiger partial charge in [0, 0.05) is 38.6 Å². The normalized spacial score (nSPS) is 25.5. The lowest BCUT2D eigenvalue weighted by Crippen LogP contribution is -2.53. The van der Waals surface area contributed by atoms with Crippen LogP contribution < -0.4 is 5.73 Å². The van der Waals surface area contributed by atoms with Gasteiger partial charge in [0.1, 0.15) is 17.6 Å². The molecule has 8 nitrogen and oxygen atoms in total. The van der Waals surface area contributed by atoms with Crippen molar-refractivity contribution in [2.75, 3.05) is 26.2 Å². The van der Waals surface area contributed by atoms with Crippen LogP contribution in [0.4, 0.5) is 4.39 Å². The third-order valence-corrected chi connectivity index (χ3v) is 9.23. The molecule has 3 N–H and O–H groups in total. The molecule has 0 radical (unpaired) electrons. The molecule has 220 valence electrons. The van der Waals surface area contributed by atoms with Gasteiger partial charge in [0.2, 0.25) is 0 Å². The maximum atomic E-state index is 15.3. The van der Waals surface area contributed by atoms with Gasteiger partial charge in [-0.05, 0) is 60.6 Å². The van der Waals surface area contributed by atoms with Crippen molar-refractivity contribution in [1.82, 2.24) is 14.9 Å². The molecular formula is C32H41FN4O4. The summed E-state index contributed by atoms with van der Waals surface area (Å²) in [5.41, 5.74) is 7.76. The van der Waals surface area contributed by atoms with E-state index in [1.807, 2.05) is 12.1 Å². The SMILES string of the molecule is NC1CC(c2cccc(-c3ccc(C(=O)N4CCN(C(=O)C5(O)CC5)CC4)c(F)c3)c2)N(C2CCCCCCC2)O1. The molecule has 4 fully saturated rings. The Hall–Kier alpha value is -2.85. The molecular weight excluding hydrogens is 523 g/mol. The van der Waals surface area contributed by atoms with Crippen LogP contribution in [0.25, 0.3) is 11.1 Å². The fourth-order valence-corrected chi connectivity index (χ4v) is 6.61. The third-order valence-electron chi connectivity index (χ3n) is 9.23. The second-order valence-electron chi connectivity index (χ2n) is 12.2. The van der Waals surface area contributed by atoms with Crippen molar-refractivity contribution in [2.24, 2.45) is 5.73 Å². The van der Waals surface area contributed by atoms with E-state index in [-0.39, 0.29) is 29.6 Å². The Morgan fingerprint density at radius 1 is 0.902 bits per heavy atom. The fraction of sp³-hybridized carbons (Fsp3) is 0.562. The molecule has 0 spiro atoms. The molecule has 2 heterocycles. The zero-order valence-electron chi connectivity index (χ0n) is 23.6. The minimum absolute atomic E-state index is 0.0242. The van der Waals surface area contributed by atoms with Gasteiger partial charge in [0.15, 0.2) is 0 Å². The van der Waals surface area contributed by atoms with Gasteiger partial charge in [-0.25, -0.2) is 4.39 Å². The van der Waals surface area contributed by atoms with Crippen molar-refractivity contribution in [1.29, 1.82) is 0 Å². The van der Waals surface area contributed by atoms with E-state index in [1.54, 1.807) is 21.9 Å². The summed E-state index contributed by atoms with van der Waals surface area (Å²) < 4.78 is 15.3. The summed E-state index contributed by atoms with van der Waals surface area (Å²) >= 11 is 0. The lowest BCUT2D eigenvalue weighted by Gasteiger charge is -2.35. The first-order valence-corrected chi connectivity index (χ1v) is 15.2. The molecule has 2 aromatic carbocycles. The quantitative estimate of drug-likeness (QED) is 0.560. The molecule has 6 rings (SSSR count). The molecule has 2 atom stereocenters. The Balaban J connectivity index is 1.14. The standard InChI is InChI=1S/C32H41FN4O4/c33-27-20-23(11-12-26(27)30(38)35-15-17-36(18-16-35)31(39)32(40)13-14-32)22-7-6-8-24(19-22)28-21-29(34)41-37(28)25-9-4-2-1-3-5-10-25/h6-8,11-12,19-20,25,28-29,40H,1-5,9-10,13-18,21,34H2. The predicted octanol–water partition coefficient (Wildman–Crippen LogP) is 4.38. The van der Waals surface area contributed by atoms with Crippen LogP contribution in [0.1, 0.15) is 86.2 Å². The summed E-state index contributed by atoms with van der Waals surface area (Å²) in [6.07, 6.45) is 9.81. The topological polar surface area (TPSA) is 99.3 Å². The Kier molecular flexibility index (Phi) is 8.14. The molecule has 0 bridgehead atoms. The average Bonchev–Trinajstić information content (AvgIpc) is 3.60. The highest BCUT2D eigenvalue weighted by Crippen LogP contribution is 2.39. The number of rotatable bonds is 5. The van der Waals surface area contributed by atoms with Gasteiger partial charge < -0.3 is 20.6 Å². The monoisotopic (exact) mass is 564 g/mol. The zero-order valence-corrected chi connectivity index (χ0v) is 23.6. The van der Waals surface area contributed by atoms with E-state index in [2.05, 4.69) is 17.2 Å². The third kappa shape index (κ3) is 6.04. The summed E-state index contributed by atoms with van der Waals surface area (Å²) in [5, 5.41) is 12.2. The first-order chi connectivity index (χ1) is 19.8. The molecule has 4 aliphatic rings. The van der Waals surface area contributed by atoms with Gasteiger partial charge in [0.25, 0.3) is 11.8 Å². The number of hydrogen-bond acceptors (Lipinski definition) is 6. The molecule has 2 saturated carbocycles. The minimum atomic E-state index is -1.21. The largest absolute Gasteiger partial charge is 0.380 e. The molecule has 2 amide bonds.